The molecule has 2 aromatic heterocycles. The van der Waals surface area contributed by atoms with Crippen molar-refractivity contribution in [2.75, 3.05) is 18.9 Å². The van der Waals surface area contributed by atoms with Gasteiger partial charge in [-0.2, -0.15) is 0 Å². The lowest BCUT2D eigenvalue weighted by Gasteiger charge is -2.44. The number of aryl methyl sites for hydroxylation is 1. The number of ether oxygens (including phenoxy) is 2. The molecule has 7 heteroatoms. The van der Waals surface area contributed by atoms with Gasteiger partial charge in [-0.15, -0.1) is 0 Å². The molecule has 1 atom stereocenters. The quantitative estimate of drug-likeness (QED) is 0.655. The summed E-state index contributed by atoms with van der Waals surface area (Å²) in [6, 6.07) is 13.0. The minimum atomic E-state index is -0.349. The van der Waals surface area contributed by atoms with E-state index in [4.69, 9.17) is 15.2 Å². The van der Waals surface area contributed by atoms with Crippen molar-refractivity contribution in [2.24, 2.45) is 0 Å². The fraction of sp³-hybridized carbons (Fsp3) is 0.320. The first kappa shape index (κ1) is 20.5. The molecule has 3 N–H and O–H groups in total. The Bertz CT molecular complexity index is 1160. The number of amides is 1. The Morgan fingerprint density at radius 3 is 2.81 bits per heavy atom. The van der Waals surface area contributed by atoms with Gasteiger partial charge in [0.2, 0.25) is 0 Å². The fourth-order valence-corrected chi connectivity index (χ4v) is 4.56. The lowest BCUT2D eigenvalue weighted by atomic mass is 9.81. The van der Waals surface area contributed by atoms with Crippen LogP contribution in [-0.4, -0.2) is 34.7 Å². The number of carbonyl (C=O) groups is 1. The number of nitrogens with one attached hydrogen (secondary N) is 1. The van der Waals surface area contributed by atoms with Crippen molar-refractivity contribution in [3.05, 3.63) is 71.8 Å². The molecule has 3 aromatic rings. The van der Waals surface area contributed by atoms with E-state index in [9.17, 15) is 4.79 Å². The molecule has 7 nitrogen and oxygen atoms in total. The summed E-state index contributed by atoms with van der Waals surface area (Å²) in [6.07, 6.45) is 5.68. The molecule has 164 valence electrons. The molecular formula is C25H26N4O3. The van der Waals surface area contributed by atoms with Gasteiger partial charge in [0.05, 0.1) is 19.3 Å². The van der Waals surface area contributed by atoms with Crippen LogP contribution in [0.5, 0.6) is 5.75 Å². The van der Waals surface area contributed by atoms with Crippen molar-refractivity contribution in [3.8, 4) is 16.9 Å². The molecule has 0 aliphatic carbocycles. The number of hydrogen-bond acceptors (Lipinski definition) is 6. The Morgan fingerprint density at radius 2 is 2.03 bits per heavy atom. The van der Waals surface area contributed by atoms with Crippen LogP contribution < -0.4 is 15.8 Å². The van der Waals surface area contributed by atoms with Gasteiger partial charge in [0.15, 0.2) is 0 Å². The number of aromatic nitrogens is 2. The van der Waals surface area contributed by atoms with E-state index in [1.807, 2.05) is 37.3 Å². The van der Waals surface area contributed by atoms with Crippen molar-refractivity contribution in [3.63, 3.8) is 0 Å². The standard InChI is InChI=1S/C25H26N4O3/c1-16-3-2-4-21(28-16)24(30)29-22-14-25(8-11-31-12-9-25)32-23-6-5-17(13-18(22)23)19-15-27-10-7-20(19)26/h2-7,10,13,15,22H,8-9,11-12,14H2,1H3,(H2,26,27)(H,29,30). The lowest BCUT2D eigenvalue weighted by molar-refractivity contribution is -0.0639. The summed E-state index contributed by atoms with van der Waals surface area (Å²) >= 11 is 0. The van der Waals surface area contributed by atoms with Crippen LogP contribution in [0.2, 0.25) is 0 Å². The highest BCUT2D eigenvalue weighted by molar-refractivity contribution is 5.92. The molecule has 1 saturated heterocycles. The Labute approximate surface area is 187 Å². The first-order valence-electron chi connectivity index (χ1n) is 10.9. The van der Waals surface area contributed by atoms with Gasteiger partial charge in [0.25, 0.3) is 5.91 Å². The first-order chi connectivity index (χ1) is 15.5. The minimum absolute atomic E-state index is 0.194. The molecular weight excluding hydrogens is 404 g/mol. The topological polar surface area (TPSA) is 99.4 Å². The fourth-order valence-electron chi connectivity index (χ4n) is 4.56. The third-order valence-corrected chi connectivity index (χ3v) is 6.28. The van der Waals surface area contributed by atoms with Crippen molar-refractivity contribution in [1.29, 1.82) is 0 Å². The highest BCUT2D eigenvalue weighted by atomic mass is 16.5. The second-order valence-corrected chi connectivity index (χ2v) is 8.51. The Morgan fingerprint density at radius 1 is 1.19 bits per heavy atom. The number of nitrogens with two attached hydrogens (primary N) is 1. The van der Waals surface area contributed by atoms with E-state index >= 15 is 0 Å². The van der Waals surface area contributed by atoms with Crippen molar-refractivity contribution in [2.45, 2.75) is 37.8 Å². The molecule has 1 unspecified atom stereocenters. The minimum Gasteiger partial charge on any atom is -0.487 e. The number of benzene rings is 1. The second-order valence-electron chi connectivity index (χ2n) is 8.51. The summed E-state index contributed by atoms with van der Waals surface area (Å²) in [6.45, 7) is 3.18. The summed E-state index contributed by atoms with van der Waals surface area (Å²) in [7, 11) is 0. The molecule has 4 heterocycles. The molecule has 1 amide bonds. The molecule has 1 spiro atoms. The maximum atomic E-state index is 13.1. The Kier molecular flexibility index (Phi) is 5.27. The van der Waals surface area contributed by atoms with Gasteiger partial charge in [-0.3, -0.25) is 9.78 Å². The summed E-state index contributed by atoms with van der Waals surface area (Å²) in [5.74, 6) is 0.590. The van der Waals surface area contributed by atoms with E-state index in [0.29, 0.717) is 31.0 Å². The van der Waals surface area contributed by atoms with Crippen molar-refractivity contribution in [1.82, 2.24) is 15.3 Å². The zero-order chi connectivity index (χ0) is 22.1. The van der Waals surface area contributed by atoms with Gasteiger partial charge in [0, 0.05) is 54.2 Å². The number of fused-ring (bicyclic) bond motifs is 1. The molecule has 5 rings (SSSR count). The molecule has 32 heavy (non-hydrogen) atoms. The number of nitrogens with zero attached hydrogens (tertiary/aromatic N) is 2. The van der Waals surface area contributed by atoms with Gasteiger partial charge in [0.1, 0.15) is 17.0 Å². The van der Waals surface area contributed by atoms with Crippen LogP contribution in [0.4, 0.5) is 5.69 Å². The third kappa shape index (κ3) is 3.91. The van der Waals surface area contributed by atoms with Gasteiger partial charge in [-0.05, 0) is 42.8 Å². The van der Waals surface area contributed by atoms with Gasteiger partial charge in [-0.1, -0.05) is 12.1 Å². The average Bonchev–Trinajstić information content (AvgIpc) is 2.80. The van der Waals surface area contributed by atoms with Crippen LogP contribution in [-0.2, 0) is 4.74 Å². The van der Waals surface area contributed by atoms with Gasteiger partial charge in [-0.25, -0.2) is 4.98 Å². The predicted octanol–water partition coefficient (Wildman–Crippen LogP) is 3.84. The first-order valence-corrected chi connectivity index (χ1v) is 10.9. The SMILES string of the molecule is Cc1cccc(C(=O)NC2CC3(CCOCC3)Oc3ccc(-c4cnccc4N)cc32)n1. The van der Waals surface area contributed by atoms with Crippen LogP contribution in [0.25, 0.3) is 11.1 Å². The molecule has 0 bridgehead atoms. The van der Waals surface area contributed by atoms with E-state index in [0.717, 1.165) is 41.0 Å². The summed E-state index contributed by atoms with van der Waals surface area (Å²) in [5, 5.41) is 3.21. The Balaban J connectivity index is 1.53. The molecule has 1 aromatic carbocycles. The maximum Gasteiger partial charge on any atom is 0.270 e. The average molecular weight is 431 g/mol. The van der Waals surface area contributed by atoms with Crippen LogP contribution in [0.1, 0.15) is 47.1 Å². The largest absolute Gasteiger partial charge is 0.487 e. The molecule has 2 aliphatic heterocycles. The summed E-state index contributed by atoms with van der Waals surface area (Å²) in [4.78, 5) is 21.7. The van der Waals surface area contributed by atoms with E-state index in [1.54, 1.807) is 24.5 Å². The van der Waals surface area contributed by atoms with Crippen molar-refractivity contribution < 1.29 is 14.3 Å². The van der Waals surface area contributed by atoms with Crippen LogP contribution in [0.3, 0.4) is 0 Å². The highest BCUT2D eigenvalue weighted by Crippen LogP contribution is 2.45. The normalized spacial score (nSPS) is 19.1. The van der Waals surface area contributed by atoms with Crippen molar-refractivity contribution >= 4 is 11.6 Å². The van der Waals surface area contributed by atoms with Crippen LogP contribution in [0.15, 0.2) is 54.9 Å². The van der Waals surface area contributed by atoms with Crippen LogP contribution in [0, 0.1) is 6.92 Å². The lowest BCUT2D eigenvalue weighted by Crippen LogP contribution is -2.48. The third-order valence-electron chi connectivity index (χ3n) is 6.28. The smallest absolute Gasteiger partial charge is 0.270 e. The molecule has 1 fully saturated rings. The molecule has 2 aliphatic rings. The van der Waals surface area contributed by atoms with E-state index in [2.05, 4.69) is 15.3 Å². The number of pyridine rings is 2. The van der Waals surface area contributed by atoms with E-state index in [1.165, 1.54) is 0 Å². The number of anilines is 1. The van der Waals surface area contributed by atoms with Crippen LogP contribution >= 0.6 is 0 Å². The van der Waals surface area contributed by atoms with Gasteiger partial charge < -0.3 is 20.5 Å². The van der Waals surface area contributed by atoms with Gasteiger partial charge >= 0.3 is 0 Å². The number of carbonyl (C=O) groups excluding carboxylic acids is 1. The number of nitrogen functional groups attached to an aromatic ring is 1. The summed E-state index contributed by atoms with van der Waals surface area (Å²) in [5.41, 5.74) is 10.4. The summed E-state index contributed by atoms with van der Waals surface area (Å²) < 4.78 is 12.1. The maximum absolute atomic E-state index is 13.1. The second kappa shape index (κ2) is 8.24. The monoisotopic (exact) mass is 430 g/mol. The number of hydrogen-bond donors (Lipinski definition) is 2. The zero-order valence-electron chi connectivity index (χ0n) is 18.0. The molecule has 0 radical (unpaired) electrons. The molecule has 0 saturated carbocycles. The Hall–Kier alpha value is -3.45. The predicted molar refractivity (Wildman–Crippen MR) is 121 cm³/mol. The zero-order valence-corrected chi connectivity index (χ0v) is 18.0. The van der Waals surface area contributed by atoms with E-state index in [-0.39, 0.29) is 17.6 Å². The number of rotatable bonds is 3. The van der Waals surface area contributed by atoms with E-state index < -0.39 is 0 Å². The highest BCUT2D eigenvalue weighted by Gasteiger charge is 2.43.